The maximum atomic E-state index is 12.8. The summed E-state index contributed by atoms with van der Waals surface area (Å²) in [6.45, 7) is 1.33. The minimum absolute atomic E-state index is 0.265. The molecular weight excluding hydrogens is 464 g/mol. The molecule has 3 aromatic rings. The lowest BCUT2D eigenvalue weighted by atomic mass is 9.95. The molecule has 36 heavy (non-hydrogen) atoms. The van der Waals surface area contributed by atoms with Gasteiger partial charge in [-0.3, -0.25) is 0 Å². The predicted octanol–water partition coefficient (Wildman–Crippen LogP) is 3.44. The van der Waals surface area contributed by atoms with E-state index in [2.05, 4.69) is 0 Å². The van der Waals surface area contributed by atoms with Gasteiger partial charge in [0.2, 0.25) is 0 Å². The first kappa shape index (κ1) is 25.1. The van der Waals surface area contributed by atoms with Crippen LogP contribution >= 0.6 is 0 Å². The first-order valence-corrected chi connectivity index (χ1v) is 11.5. The van der Waals surface area contributed by atoms with Gasteiger partial charge in [-0.15, -0.1) is 0 Å². The maximum Gasteiger partial charge on any atom is 0.338 e. The van der Waals surface area contributed by atoms with E-state index in [0.29, 0.717) is 11.1 Å². The Morgan fingerprint density at radius 3 is 1.58 bits per heavy atom. The Hall–Kier alpha value is -4.01. The van der Waals surface area contributed by atoms with Crippen LogP contribution in [0.5, 0.6) is 0 Å². The smallest absolute Gasteiger partial charge is 0.338 e. The van der Waals surface area contributed by atoms with E-state index in [1.165, 1.54) is 0 Å². The van der Waals surface area contributed by atoms with Gasteiger partial charge in [0.1, 0.15) is 18.8 Å². The van der Waals surface area contributed by atoms with Gasteiger partial charge in [0.15, 0.2) is 12.2 Å². The highest BCUT2D eigenvalue weighted by Gasteiger charge is 2.48. The molecule has 8 heteroatoms. The molecule has 0 radical (unpaired) electrons. The number of benzene rings is 3. The van der Waals surface area contributed by atoms with Crippen molar-refractivity contribution in [2.75, 3.05) is 6.61 Å². The molecule has 186 valence electrons. The summed E-state index contributed by atoms with van der Waals surface area (Å²) in [6, 6.07) is 24.9. The zero-order valence-corrected chi connectivity index (χ0v) is 19.6. The summed E-state index contributed by atoms with van der Waals surface area (Å²) in [5, 5.41) is 11.2. The molecule has 1 saturated heterocycles. The normalized spacial score (nSPS) is 23.3. The second kappa shape index (κ2) is 11.6. The van der Waals surface area contributed by atoms with Gasteiger partial charge in [-0.25, -0.2) is 14.4 Å². The average Bonchev–Trinajstić information content (AvgIpc) is 2.92. The number of aliphatic hydroxyl groups excluding tert-OH is 1. The van der Waals surface area contributed by atoms with Crippen molar-refractivity contribution in [3.8, 4) is 0 Å². The van der Waals surface area contributed by atoms with Crippen molar-refractivity contribution in [3.05, 3.63) is 108 Å². The van der Waals surface area contributed by atoms with E-state index < -0.39 is 48.4 Å². The Morgan fingerprint density at radius 2 is 1.11 bits per heavy atom. The van der Waals surface area contributed by atoms with Gasteiger partial charge in [-0.2, -0.15) is 0 Å². The Balaban J connectivity index is 1.52. The van der Waals surface area contributed by atoms with Crippen molar-refractivity contribution < 1.29 is 38.4 Å². The summed E-state index contributed by atoms with van der Waals surface area (Å²) in [4.78, 5) is 37.9. The van der Waals surface area contributed by atoms with Gasteiger partial charge >= 0.3 is 17.9 Å². The Kier molecular flexibility index (Phi) is 8.10. The fourth-order valence-electron chi connectivity index (χ4n) is 3.91. The molecular formula is C28H26O8. The number of rotatable bonds is 7. The summed E-state index contributed by atoms with van der Waals surface area (Å²) in [5.41, 5.74) is 0.907. The highest BCUT2D eigenvalue weighted by molar-refractivity contribution is 5.90. The summed E-state index contributed by atoms with van der Waals surface area (Å²) in [6.07, 6.45) is -5.62. The molecule has 1 aliphatic rings. The molecule has 1 aliphatic heterocycles. The summed E-state index contributed by atoms with van der Waals surface area (Å²) in [7, 11) is 0. The summed E-state index contributed by atoms with van der Waals surface area (Å²) in [5.74, 6) is -1.95. The predicted molar refractivity (Wildman–Crippen MR) is 128 cm³/mol. The molecule has 1 heterocycles. The molecule has 4 rings (SSSR count). The summed E-state index contributed by atoms with van der Waals surface area (Å²) < 4.78 is 22.5. The van der Waals surface area contributed by atoms with E-state index in [0.717, 1.165) is 0 Å². The Bertz CT molecular complexity index is 1160. The standard InChI is InChI=1S/C28H26O8/c1-18-24(35-27(31)20-13-7-3-8-14-20)23(29)25(36-28(32)21-15-9-4-10-16-21)22(34-18)17-33-26(30)19-11-5-2-6-12-19/h2-16,18,22-25,29H,17H2,1H3/t18-,22?,23+,24?,25-/m0/s1. The maximum absolute atomic E-state index is 12.8. The third-order valence-electron chi connectivity index (χ3n) is 5.79. The molecule has 1 N–H and O–H groups in total. The SMILES string of the molecule is C[C@@H]1OC(COC(=O)c2ccccc2)[C@H](OC(=O)c2ccccc2)[C@H](O)C1OC(=O)c1ccccc1. The number of carbonyl (C=O) groups is 3. The molecule has 0 bridgehead atoms. The fourth-order valence-corrected chi connectivity index (χ4v) is 3.91. The van der Waals surface area contributed by atoms with Crippen molar-refractivity contribution in [1.29, 1.82) is 0 Å². The van der Waals surface area contributed by atoms with Crippen molar-refractivity contribution in [2.45, 2.75) is 37.4 Å². The van der Waals surface area contributed by atoms with Crippen molar-refractivity contribution in [1.82, 2.24) is 0 Å². The van der Waals surface area contributed by atoms with Crippen LogP contribution in [0.2, 0.25) is 0 Å². The molecule has 3 aromatic carbocycles. The quantitative estimate of drug-likeness (QED) is 0.396. The van der Waals surface area contributed by atoms with Gasteiger partial charge in [0, 0.05) is 0 Å². The minimum Gasteiger partial charge on any atom is -0.459 e. The van der Waals surface area contributed by atoms with Crippen LogP contribution in [0.15, 0.2) is 91.0 Å². The van der Waals surface area contributed by atoms with Gasteiger partial charge in [-0.1, -0.05) is 54.6 Å². The van der Waals surface area contributed by atoms with E-state index in [1.54, 1.807) is 97.9 Å². The van der Waals surface area contributed by atoms with Crippen molar-refractivity contribution >= 4 is 17.9 Å². The molecule has 0 aromatic heterocycles. The lowest BCUT2D eigenvalue weighted by Crippen LogP contribution is -2.60. The number of ether oxygens (including phenoxy) is 4. The van der Waals surface area contributed by atoms with Crippen LogP contribution in [0, 0.1) is 0 Å². The average molecular weight is 491 g/mol. The zero-order chi connectivity index (χ0) is 25.5. The van der Waals surface area contributed by atoms with Crippen molar-refractivity contribution in [3.63, 3.8) is 0 Å². The van der Waals surface area contributed by atoms with Crippen LogP contribution in [0.4, 0.5) is 0 Å². The number of esters is 3. The number of aliphatic hydroxyl groups is 1. The largest absolute Gasteiger partial charge is 0.459 e. The van der Waals surface area contributed by atoms with Gasteiger partial charge in [0.25, 0.3) is 0 Å². The Morgan fingerprint density at radius 1 is 0.694 bits per heavy atom. The van der Waals surface area contributed by atoms with Crippen LogP contribution in [0.25, 0.3) is 0 Å². The molecule has 0 aliphatic carbocycles. The van der Waals surface area contributed by atoms with Gasteiger partial charge in [0.05, 0.1) is 22.8 Å². The van der Waals surface area contributed by atoms with Crippen LogP contribution < -0.4 is 0 Å². The van der Waals surface area contributed by atoms with Crippen LogP contribution in [-0.2, 0) is 18.9 Å². The summed E-state index contributed by atoms with van der Waals surface area (Å²) >= 11 is 0. The molecule has 0 amide bonds. The molecule has 0 saturated carbocycles. The van der Waals surface area contributed by atoms with Crippen LogP contribution in [0.1, 0.15) is 38.0 Å². The second-order valence-electron chi connectivity index (χ2n) is 8.31. The second-order valence-corrected chi connectivity index (χ2v) is 8.31. The van der Waals surface area contributed by atoms with Crippen LogP contribution in [-0.4, -0.2) is 60.1 Å². The zero-order valence-electron chi connectivity index (χ0n) is 19.6. The first-order valence-electron chi connectivity index (χ1n) is 11.5. The molecule has 2 unspecified atom stereocenters. The fraction of sp³-hybridized carbons (Fsp3) is 0.250. The Labute approximate surface area is 208 Å². The lowest BCUT2D eigenvalue weighted by molar-refractivity contribution is -0.224. The number of carbonyl (C=O) groups excluding carboxylic acids is 3. The number of hydrogen-bond acceptors (Lipinski definition) is 8. The van der Waals surface area contributed by atoms with E-state index in [-0.39, 0.29) is 12.2 Å². The minimum atomic E-state index is -1.44. The topological polar surface area (TPSA) is 108 Å². The first-order chi connectivity index (χ1) is 17.4. The van der Waals surface area contributed by atoms with Crippen LogP contribution in [0.3, 0.4) is 0 Å². The van der Waals surface area contributed by atoms with E-state index in [4.69, 9.17) is 18.9 Å². The van der Waals surface area contributed by atoms with E-state index in [9.17, 15) is 19.5 Å². The van der Waals surface area contributed by atoms with Crippen molar-refractivity contribution in [2.24, 2.45) is 0 Å². The van der Waals surface area contributed by atoms with E-state index >= 15 is 0 Å². The van der Waals surface area contributed by atoms with E-state index in [1.807, 2.05) is 0 Å². The third kappa shape index (κ3) is 5.97. The molecule has 0 spiro atoms. The van der Waals surface area contributed by atoms with Gasteiger partial charge in [-0.05, 0) is 43.3 Å². The lowest BCUT2D eigenvalue weighted by Gasteiger charge is -2.42. The monoisotopic (exact) mass is 490 g/mol. The highest BCUT2D eigenvalue weighted by atomic mass is 16.6. The molecule has 1 fully saturated rings. The molecule has 8 nitrogen and oxygen atoms in total. The highest BCUT2D eigenvalue weighted by Crippen LogP contribution is 2.28. The number of hydrogen-bond donors (Lipinski definition) is 1. The third-order valence-corrected chi connectivity index (χ3v) is 5.79. The van der Waals surface area contributed by atoms with Gasteiger partial charge < -0.3 is 24.1 Å². The molecule has 5 atom stereocenters.